The van der Waals surface area contributed by atoms with E-state index in [9.17, 15) is 24.3 Å². The zero-order chi connectivity index (χ0) is 33.3. The molecule has 0 unspecified atom stereocenters. The summed E-state index contributed by atoms with van der Waals surface area (Å²) in [6, 6.07) is 27.7. The molecule has 2 amide bonds. The molecule has 242 valence electrons. The van der Waals surface area contributed by atoms with Crippen LogP contribution in [0.3, 0.4) is 0 Å². The van der Waals surface area contributed by atoms with Gasteiger partial charge in [0.05, 0.1) is 12.0 Å². The van der Waals surface area contributed by atoms with Crippen LogP contribution in [0.25, 0.3) is 21.7 Å². The van der Waals surface area contributed by atoms with E-state index >= 15 is 0 Å². The number of hydrogen-bond donors (Lipinski definition) is 3. The van der Waals surface area contributed by atoms with Gasteiger partial charge in [-0.3, -0.25) is 14.4 Å². The fraction of sp³-hybridized carbons (Fsp3) is 0.263. The van der Waals surface area contributed by atoms with Crippen molar-refractivity contribution in [1.29, 1.82) is 0 Å². The van der Waals surface area contributed by atoms with Crippen molar-refractivity contribution in [3.63, 3.8) is 0 Å². The number of nitrogens with one attached hydrogen (secondary N) is 1. The van der Waals surface area contributed by atoms with Crippen molar-refractivity contribution in [2.24, 2.45) is 5.73 Å². The highest BCUT2D eigenvalue weighted by Gasteiger charge is 2.34. The van der Waals surface area contributed by atoms with Crippen LogP contribution >= 0.6 is 0 Å². The highest BCUT2D eigenvalue weighted by molar-refractivity contribution is 6.07. The van der Waals surface area contributed by atoms with Crippen molar-refractivity contribution in [3.05, 3.63) is 119 Å². The summed E-state index contributed by atoms with van der Waals surface area (Å²) in [7, 11) is 0. The maximum atomic E-state index is 14.3. The summed E-state index contributed by atoms with van der Waals surface area (Å²) in [6.45, 7) is 2.18. The molecule has 9 heteroatoms. The zero-order valence-electron chi connectivity index (χ0n) is 26.4. The van der Waals surface area contributed by atoms with E-state index in [1.807, 2.05) is 78.9 Å². The van der Waals surface area contributed by atoms with Gasteiger partial charge in [-0.2, -0.15) is 0 Å². The average molecular weight is 634 g/mol. The monoisotopic (exact) mass is 633 g/mol. The van der Waals surface area contributed by atoms with Crippen LogP contribution in [0.5, 0.6) is 0 Å². The number of nitrogens with zero attached hydrogens (tertiary/aromatic N) is 1. The fourth-order valence-corrected chi connectivity index (χ4v) is 5.93. The number of nitrogens with two attached hydrogens (primary N) is 1. The van der Waals surface area contributed by atoms with Crippen LogP contribution in [0.2, 0.25) is 0 Å². The lowest BCUT2D eigenvalue weighted by molar-refractivity contribution is -0.156. The first-order chi connectivity index (χ1) is 22.7. The molecule has 0 aliphatic heterocycles. The first-order valence-electron chi connectivity index (χ1n) is 15.8. The molecule has 47 heavy (non-hydrogen) atoms. The van der Waals surface area contributed by atoms with Gasteiger partial charge in [-0.05, 0) is 52.8 Å². The van der Waals surface area contributed by atoms with Crippen molar-refractivity contribution < 1.29 is 29.0 Å². The number of aromatic amines is 1. The number of primary amides is 1. The van der Waals surface area contributed by atoms with E-state index in [1.165, 1.54) is 10.5 Å². The van der Waals surface area contributed by atoms with Crippen LogP contribution in [-0.2, 0) is 38.5 Å². The van der Waals surface area contributed by atoms with Gasteiger partial charge in [-0.15, -0.1) is 0 Å². The van der Waals surface area contributed by atoms with Gasteiger partial charge in [0, 0.05) is 36.5 Å². The smallest absolute Gasteiger partial charge is 0.329 e. The lowest BCUT2D eigenvalue weighted by Crippen LogP contribution is -2.46. The molecule has 0 aliphatic rings. The van der Waals surface area contributed by atoms with Crippen molar-refractivity contribution in [2.75, 3.05) is 0 Å². The Kier molecular flexibility index (Phi) is 10.7. The molecule has 1 aromatic heterocycles. The number of carboxylic acids is 1. The molecule has 0 radical (unpaired) electrons. The molecular weight excluding hydrogens is 594 g/mol. The Balaban J connectivity index is 1.47. The first-order valence-corrected chi connectivity index (χ1v) is 15.8. The quantitative estimate of drug-likeness (QED) is 0.118. The Labute approximate surface area is 273 Å². The third-order valence-electron chi connectivity index (χ3n) is 8.35. The molecule has 4 aromatic carbocycles. The molecule has 5 aromatic rings. The highest BCUT2D eigenvalue weighted by atomic mass is 16.5. The maximum Gasteiger partial charge on any atom is 0.329 e. The Morgan fingerprint density at radius 2 is 1.55 bits per heavy atom. The van der Waals surface area contributed by atoms with Gasteiger partial charge in [0.15, 0.2) is 0 Å². The number of rotatable bonds is 15. The number of para-hydroxylation sites is 1. The fourth-order valence-electron chi connectivity index (χ4n) is 5.93. The predicted molar refractivity (Wildman–Crippen MR) is 181 cm³/mol. The van der Waals surface area contributed by atoms with Crippen LogP contribution in [0.4, 0.5) is 0 Å². The first kappa shape index (κ1) is 32.9. The van der Waals surface area contributed by atoms with E-state index in [0.717, 1.165) is 33.8 Å². The Morgan fingerprint density at radius 3 is 2.26 bits per heavy atom. The predicted octanol–water partition coefficient (Wildman–Crippen LogP) is 6.18. The lowest BCUT2D eigenvalue weighted by atomic mass is 9.99. The summed E-state index contributed by atoms with van der Waals surface area (Å²) in [6.07, 6.45) is 1.65. The second-order valence-electron chi connectivity index (χ2n) is 11.8. The normalized spacial score (nSPS) is 12.4. The molecule has 5 rings (SSSR count). The van der Waals surface area contributed by atoms with E-state index in [0.29, 0.717) is 10.9 Å². The van der Waals surface area contributed by atoms with Gasteiger partial charge in [0.2, 0.25) is 5.91 Å². The number of aryl methyl sites for hydroxylation is 1. The van der Waals surface area contributed by atoms with Crippen molar-refractivity contribution in [3.8, 4) is 0 Å². The summed E-state index contributed by atoms with van der Waals surface area (Å²) >= 11 is 0. The third-order valence-corrected chi connectivity index (χ3v) is 8.35. The minimum Gasteiger partial charge on any atom is -0.481 e. The van der Waals surface area contributed by atoms with Crippen LogP contribution in [-0.4, -0.2) is 50.9 Å². The van der Waals surface area contributed by atoms with E-state index in [2.05, 4.69) is 24.0 Å². The standard InChI is InChI=1S/C38H39N3O6/c1-2-25-15-17-29-20-27(16-18-28(29)19-25)21-30(22-35(39)42)47-38(46)34(13-8-14-36(43)44)41(24-26-9-4-3-5-10-26)37(45)32-23-40-33-12-7-6-11-31(32)33/h3-7,9-12,15-20,23,30,34,40H,2,8,13-14,21-22,24H2,1H3,(H2,39,42)(H,43,44)/t30-,34-/m0/s1. The minimum absolute atomic E-state index is 0.0467. The average Bonchev–Trinajstić information content (AvgIpc) is 3.49. The van der Waals surface area contributed by atoms with Crippen molar-refractivity contribution >= 4 is 45.4 Å². The Hall–Kier alpha value is -5.44. The summed E-state index contributed by atoms with van der Waals surface area (Å²) in [5.41, 5.74) is 9.61. The minimum atomic E-state index is -1.13. The van der Waals surface area contributed by atoms with Crippen LogP contribution in [0, 0.1) is 0 Å². The van der Waals surface area contributed by atoms with Gasteiger partial charge in [-0.25, -0.2) is 4.79 Å². The lowest BCUT2D eigenvalue weighted by Gasteiger charge is -2.32. The topological polar surface area (TPSA) is 143 Å². The second-order valence-corrected chi connectivity index (χ2v) is 11.8. The molecule has 0 aliphatic carbocycles. The third kappa shape index (κ3) is 8.43. The molecule has 9 nitrogen and oxygen atoms in total. The second kappa shape index (κ2) is 15.2. The number of ether oxygens (including phenoxy) is 1. The van der Waals surface area contributed by atoms with Gasteiger partial charge in [-0.1, -0.05) is 91.9 Å². The molecule has 0 spiro atoms. The number of fused-ring (bicyclic) bond motifs is 2. The van der Waals surface area contributed by atoms with Gasteiger partial charge >= 0.3 is 11.9 Å². The number of carboxylic acid groups (broad SMARTS) is 1. The summed E-state index contributed by atoms with van der Waals surface area (Å²) in [5.74, 6) is -2.77. The number of H-pyrrole nitrogens is 1. The maximum absolute atomic E-state index is 14.3. The van der Waals surface area contributed by atoms with Crippen molar-refractivity contribution in [1.82, 2.24) is 9.88 Å². The Bertz CT molecular complexity index is 1880. The Morgan fingerprint density at radius 1 is 0.872 bits per heavy atom. The van der Waals surface area contributed by atoms with Crippen molar-refractivity contribution in [2.45, 2.75) is 64.1 Å². The van der Waals surface area contributed by atoms with E-state index in [-0.39, 0.29) is 38.6 Å². The number of aliphatic carboxylic acids is 1. The summed E-state index contributed by atoms with van der Waals surface area (Å²) in [5, 5.41) is 12.2. The number of benzene rings is 4. The van der Waals surface area contributed by atoms with E-state index in [1.54, 1.807) is 6.20 Å². The molecule has 0 saturated carbocycles. The van der Waals surface area contributed by atoms with Gasteiger partial charge in [0.25, 0.3) is 5.91 Å². The largest absolute Gasteiger partial charge is 0.481 e. The van der Waals surface area contributed by atoms with Crippen LogP contribution < -0.4 is 5.73 Å². The van der Waals surface area contributed by atoms with E-state index in [4.69, 9.17) is 10.5 Å². The van der Waals surface area contributed by atoms with Crippen LogP contribution in [0.1, 0.15) is 59.7 Å². The van der Waals surface area contributed by atoms with Gasteiger partial charge < -0.3 is 25.5 Å². The number of carbonyl (C=O) groups excluding carboxylic acids is 3. The number of aromatic nitrogens is 1. The zero-order valence-corrected chi connectivity index (χ0v) is 26.4. The van der Waals surface area contributed by atoms with E-state index < -0.39 is 35.9 Å². The highest BCUT2D eigenvalue weighted by Crippen LogP contribution is 2.26. The SMILES string of the molecule is CCc1ccc2cc(C[C@@H](CC(N)=O)OC(=O)[C@H](CCCC(=O)O)N(Cc3ccccc3)C(=O)c3c[nH]c4ccccc34)ccc2c1. The van der Waals surface area contributed by atoms with Gasteiger partial charge in [0.1, 0.15) is 12.1 Å². The summed E-state index contributed by atoms with van der Waals surface area (Å²) < 4.78 is 6.02. The number of amides is 2. The molecule has 0 fully saturated rings. The molecule has 2 atom stereocenters. The molecule has 1 heterocycles. The van der Waals surface area contributed by atoms with Crippen LogP contribution in [0.15, 0.2) is 97.2 Å². The number of hydrogen-bond acceptors (Lipinski definition) is 5. The molecule has 4 N–H and O–H groups in total. The summed E-state index contributed by atoms with van der Waals surface area (Å²) in [4.78, 5) is 56.6. The molecule has 0 saturated heterocycles. The number of carbonyl (C=O) groups is 4. The number of esters is 1. The molecular formula is C38H39N3O6. The molecule has 0 bridgehead atoms.